The minimum absolute atomic E-state index is 0.0354. The average Bonchev–Trinajstić information content (AvgIpc) is 3.50. The molecule has 204 valence electrons. The Balaban J connectivity index is 1.66. The standard InChI is InChI=1S/C31H28N2O6S/c1-5-39-24-16-20(14-15-23(24)38-4)26-25(28(35)31(36)33(26)21-12-9-13-22(17-21)37-3)27(34)29-18(2)32-30(40-29)19-10-7-6-8-11-19/h6-17,26,35H,5H2,1-4H3. The lowest BCUT2D eigenvalue weighted by molar-refractivity contribution is -0.117. The summed E-state index contributed by atoms with van der Waals surface area (Å²) in [6.45, 7) is 3.99. The van der Waals surface area contributed by atoms with Gasteiger partial charge in [-0.25, -0.2) is 4.98 Å². The highest BCUT2D eigenvalue weighted by molar-refractivity contribution is 7.17. The van der Waals surface area contributed by atoms with Crippen molar-refractivity contribution in [3.8, 4) is 27.8 Å². The molecule has 1 unspecified atom stereocenters. The number of thiazole rings is 1. The van der Waals surface area contributed by atoms with Crippen LogP contribution in [0.15, 0.2) is 84.1 Å². The summed E-state index contributed by atoms with van der Waals surface area (Å²) in [5.74, 6) is -0.277. The summed E-state index contributed by atoms with van der Waals surface area (Å²) in [7, 11) is 3.07. The summed E-state index contributed by atoms with van der Waals surface area (Å²) in [4.78, 5) is 34.2. The predicted molar refractivity (Wildman–Crippen MR) is 154 cm³/mol. The van der Waals surface area contributed by atoms with Crippen molar-refractivity contribution in [1.82, 2.24) is 4.98 Å². The number of carbonyl (C=O) groups excluding carboxylic acids is 2. The van der Waals surface area contributed by atoms with E-state index in [1.807, 2.05) is 37.3 Å². The SMILES string of the molecule is CCOc1cc(C2C(C(=O)c3sc(-c4ccccc4)nc3C)=C(O)C(=O)N2c2cccc(OC)c2)ccc1OC. The molecule has 8 nitrogen and oxygen atoms in total. The summed E-state index contributed by atoms with van der Waals surface area (Å²) >= 11 is 1.23. The second-order valence-corrected chi connectivity index (χ2v) is 10.0. The van der Waals surface area contributed by atoms with Crippen LogP contribution in [0.5, 0.6) is 17.2 Å². The maximum Gasteiger partial charge on any atom is 0.294 e. The van der Waals surface area contributed by atoms with Crippen molar-refractivity contribution in [3.63, 3.8) is 0 Å². The molecule has 1 N–H and O–H groups in total. The summed E-state index contributed by atoms with van der Waals surface area (Å²) in [5.41, 5.74) is 2.39. The fraction of sp³-hybridized carbons (Fsp3) is 0.194. The zero-order chi connectivity index (χ0) is 28.4. The Morgan fingerprint density at radius 2 is 1.77 bits per heavy atom. The topological polar surface area (TPSA) is 98.2 Å². The van der Waals surface area contributed by atoms with Crippen molar-refractivity contribution >= 4 is 28.7 Å². The van der Waals surface area contributed by atoms with Crippen molar-refractivity contribution in [1.29, 1.82) is 0 Å². The number of hydrogen-bond donors (Lipinski definition) is 1. The van der Waals surface area contributed by atoms with Crippen LogP contribution < -0.4 is 19.1 Å². The molecule has 2 heterocycles. The number of methoxy groups -OCH3 is 2. The molecule has 0 bridgehead atoms. The maximum atomic E-state index is 14.2. The lowest BCUT2D eigenvalue weighted by Crippen LogP contribution is -2.31. The molecule has 1 amide bonds. The molecule has 0 spiro atoms. The van der Waals surface area contributed by atoms with Gasteiger partial charge in [0.1, 0.15) is 10.8 Å². The number of aliphatic hydroxyl groups excluding tert-OH is 1. The summed E-state index contributed by atoms with van der Waals surface area (Å²) in [6, 6.07) is 20.7. The molecule has 1 aliphatic heterocycles. The van der Waals surface area contributed by atoms with Crippen LogP contribution in [-0.2, 0) is 4.79 Å². The zero-order valence-electron chi connectivity index (χ0n) is 22.5. The number of ketones is 1. The summed E-state index contributed by atoms with van der Waals surface area (Å²) < 4.78 is 16.6. The third-order valence-electron chi connectivity index (χ3n) is 6.61. The zero-order valence-corrected chi connectivity index (χ0v) is 23.3. The maximum absolute atomic E-state index is 14.2. The van der Waals surface area contributed by atoms with Crippen molar-refractivity contribution in [2.75, 3.05) is 25.7 Å². The van der Waals surface area contributed by atoms with Gasteiger partial charge in [-0.05, 0) is 43.7 Å². The fourth-order valence-corrected chi connectivity index (χ4v) is 5.77. The fourth-order valence-electron chi connectivity index (χ4n) is 4.74. The van der Waals surface area contributed by atoms with Gasteiger partial charge in [-0.15, -0.1) is 11.3 Å². The highest BCUT2D eigenvalue weighted by Crippen LogP contribution is 2.45. The van der Waals surface area contributed by atoms with E-state index in [9.17, 15) is 14.7 Å². The van der Waals surface area contributed by atoms with Crippen LogP contribution in [0, 0.1) is 6.92 Å². The molecule has 1 atom stereocenters. The second-order valence-electron chi connectivity index (χ2n) is 9.01. The Labute approximate surface area is 236 Å². The van der Waals surface area contributed by atoms with E-state index in [4.69, 9.17) is 14.2 Å². The van der Waals surface area contributed by atoms with E-state index >= 15 is 0 Å². The van der Waals surface area contributed by atoms with Gasteiger partial charge in [-0.2, -0.15) is 0 Å². The number of Topliss-reactive ketones (excluding diaryl/α,β-unsaturated/α-hetero) is 1. The first kappa shape index (κ1) is 27.0. The van der Waals surface area contributed by atoms with E-state index in [0.29, 0.717) is 50.7 Å². The van der Waals surface area contributed by atoms with Crippen LogP contribution in [0.25, 0.3) is 10.6 Å². The molecular formula is C31H28N2O6S. The van der Waals surface area contributed by atoms with Crippen LogP contribution in [0.4, 0.5) is 5.69 Å². The van der Waals surface area contributed by atoms with Crippen LogP contribution in [-0.4, -0.2) is 42.6 Å². The van der Waals surface area contributed by atoms with Crippen molar-refractivity contribution in [2.45, 2.75) is 19.9 Å². The highest BCUT2D eigenvalue weighted by atomic mass is 32.1. The molecule has 0 fully saturated rings. The molecule has 1 aliphatic rings. The number of amides is 1. The molecule has 0 saturated carbocycles. The van der Waals surface area contributed by atoms with E-state index < -0.39 is 23.5 Å². The number of rotatable bonds is 9. The first-order valence-electron chi connectivity index (χ1n) is 12.7. The molecular weight excluding hydrogens is 528 g/mol. The number of carbonyl (C=O) groups is 2. The Bertz CT molecular complexity index is 1610. The highest BCUT2D eigenvalue weighted by Gasteiger charge is 2.45. The van der Waals surface area contributed by atoms with Crippen molar-refractivity contribution < 1.29 is 28.9 Å². The number of nitrogens with zero attached hydrogens (tertiary/aromatic N) is 2. The van der Waals surface area contributed by atoms with E-state index in [2.05, 4.69) is 4.98 Å². The van der Waals surface area contributed by atoms with E-state index in [0.717, 1.165) is 5.56 Å². The summed E-state index contributed by atoms with van der Waals surface area (Å²) in [6.07, 6.45) is 0. The van der Waals surface area contributed by atoms with Crippen molar-refractivity contribution in [3.05, 3.63) is 100 Å². The van der Waals surface area contributed by atoms with Crippen LogP contribution in [0.3, 0.4) is 0 Å². The number of aryl methyl sites for hydroxylation is 1. The number of benzene rings is 3. The minimum atomic E-state index is -0.945. The van der Waals surface area contributed by atoms with Gasteiger partial charge >= 0.3 is 0 Å². The van der Waals surface area contributed by atoms with Gasteiger partial charge in [0.05, 0.1) is 43.0 Å². The number of aliphatic hydroxyl groups is 1. The van der Waals surface area contributed by atoms with E-state index in [1.54, 1.807) is 49.4 Å². The lowest BCUT2D eigenvalue weighted by atomic mass is 9.94. The normalized spacial score (nSPS) is 14.9. The second kappa shape index (κ2) is 11.2. The van der Waals surface area contributed by atoms with Gasteiger partial charge in [0.15, 0.2) is 17.3 Å². The van der Waals surface area contributed by atoms with E-state index in [1.165, 1.54) is 30.5 Å². The number of anilines is 1. The Morgan fingerprint density at radius 3 is 2.48 bits per heavy atom. The number of aromatic nitrogens is 1. The first-order chi connectivity index (χ1) is 19.4. The average molecular weight is 557 g/mol. The van der Waals surface area contributed by atoms with Gasteiger partial charge in [0, 0.05) is 17.3 Å². The molecule has 5 rings (SSSR count). The Morgan fingerprint density at radius 1 is 1.00 bits per heavy atom. The van der Waals surface area contributed by atoms with Crippen molar-refractivity contribution in [2.24, 2.45) is 0 Å². The van der Waals surface area contributed by atoms with Gasteiger partial charge in [-0.3, -0.25) is 14.5 Å². The van der Waals surface area contributed by atoms with Crippen LogP contribution in [0.2, 0.25) is 0 Å². The molecule has 40 heavy (non-hydrogen) atoms. The van der Waals surface area contributed by atoms with E-state index in [-0.39, 0.29) is 5.57 Å². The predicted octanol–water partition coefficient (Wildman–Crippen LogP) is 6.32. The van der Waals surface area contributed by atoms with Gasteiger partial charge < -0.3 is 19.3 Å². The summed E-state index contributed by atoms with van der Waals surface area (Å²) in [5, 5.41) is 11.9. The van der Waals surface area contributed by atoms with Gasteiger partial charge in [0.25, 0.3) is 5.91 Å². The third-order valence-corrected chi connectivity index (χ3v) is 7.82. The number of hydrogen-bond acceptors (Lipinski definition) is 8. The number of ether oxygens (including phenoxy) is 3. The molecule has 0 aliphatic carbocycles. The third kappa shape index (κ3) is 4.80. The Hall–Kier alpha value is -4.63. The van der Waals surface area contributed by atoms with Crippen LogP contribution >= 0.6 is 11.3 Å². The molecule has 1 aromatic heterocycles. The smallest absolute Gasteiger partial charge is 0.294 e. The quantitative estimate of drug-likeness (QED) is 0.241. The molecule has 0 saturated heterocycles. The van der Waals surface area contributed by atoms with Gasteiger partial charge in [-0.1, -0.05) is 42.5 Å². The molecule has 0 radical (unpaired) electrons. The Kier molecular flexibility index (Phi) is 7.57. The molecule has 3 aromatic carbocycles. The monoisotopic (exact) mass is 556 g/mol. The largest absolute Gasteiger partial charge is 0.503 e. The molecule has 4 aromatic rings. The lowest BCUT2D eigenvalue weighted by Gasteiger charge is -2.27. The minimum Gasteiger partial charge on any atom is -0.503 e. The first-order valence-corrected chi connectivity index (χ1v) is 13.5. The van der Waals surface area contributed by atoms with Crippen LogP contribution in [0.1, 0.15) is 33.9 Å². The molecule has 9 heteroatoms. The van der Waals surface area contributed by atoms with Gasteiger partial charge in [0.2, 0.25) is 5.78 Å².